The third-order valence-electron chi connectivity index (χ3n) is 5.80. The second kappa shape index (κ2) is 9.73. The van der Waals surface area contributed by atoms with E-state index in [1.54, 1.807) is 0 Å². The van der Waals surface area contributed by atoms with Gasteiger partial charge in [-0.25, -0.2) is 13.8 Å². The highest BCUT2D eigenvalue weighted by atomic mass is 32.1. The fourth-order valence-corrected chi connectivity index (χ4v) is 4.58. The van der Waals surface area contributed by atoms with Crippen LogP contribution < -0.4 is 14.5 Å². The summed E-state index contributed by atoms with van der Waals surface area (Å²) in [7, 11) is 0. The first kappa shape index (κ1) is 27.1. The van der Waals surface area contributed by atoms with E-state index in [0.717, 1.165) is 11.0 Å². The number of rotatable bonds is 6. The predicted molar refractivity (Wildman–Crippen MR) is 130 cm³/mol. The number of hydrogen-bond donors (Lipinski definition) is 1. The number of aromatic nitrogens is 2. The average Bonchev–Trinajstić information content (AvgIpc) is 3.04. The standard InChI is InChI=1S/C24H18F5N5O3S/c1-23(2)21(36)33(13-4-3-12(11-30)16(10-13)24(27,28)29)22(38)34(23)14-5-6-17-15(9-14)20(37-8-7-35)32-19(31-17)18(25)26/h3-6,9-10,18,35H,7-8H2,1-2H3. The third kappa shape index (κ3) is 4.59. The van der Waals surface area contributed by atoms with E-state index in [2.05, 4.69) is 9.97 Å². The predicted octanol–water partition coefficient (Wildman–Crippen LogP) is 4.75. The summed E-state index contributed by atoms with van der Waals surface area (Å²) >= 11 is 5.52. The van der Waals surface area contributed by atoms with Gasteiger partial charge in [0.25, 0.3) is 12.3 Å². The Hall–Kier alpha value is -3.96. The summed E-state index contributed by atoms with van der Waals surface area (Å²) in [6.07, 6.45) is -7.83. The summed E-state index contributed by atoms with van der Waals surface area (Å²) in [4.78, 5) is 23.3. The number of benzene rings is 2. The molecule has 0 aliphatic carbocycles. The maximum Gasteiger partial charge on any atom is 0.417 e. The van der Waals surface area contributed by atoms with Crippen LogP contribution in [0.3, 0.4) is 0 Å². The quantitative estimate of drug-likeness (QED) is 0.346. The third-order valence-corrected chi connectivity index (χ3v) is 6.17. The van der Waals surface area contributed by atoms with Gasteiger partial charge in [0.1, 0.15) is 12.1 Å². The highest BCUT2D eigenvalue weighted by Gasteiger charge is 2.50. The van der Waals surface area contributed by atoms with E-state index in [1.807, 2.05) is 0 Å². The van der Waals surface area contributed by atoms with Gasteiger partial charge in [0.2, 0.25) is 5.88 Å². The maximum absolute atomic E-state index is 13.6. The molecule has 14 heteroatoms. The number of amides is 1. The molecule has 2 heterocycles. The van der Waals surface area contributed by atoms with E-state index in [4.69, 9.17) is 27.3 Å². The minimum absolute atomic E-state index is 0.0972. The van der Waals surface area contributed by atoms with Crippen LogP contribution >= 0.6 is 12.2 Å². The van der Waals surface area contributed by atoms with Gasteiger partial charge in [0.15, 0.2) is 10.9 Å². The molecule has 4 rings (SSSR count). The van der Waals surface area contributed by atoms with Gasteiger partial charge in [-0.2, -0.15) is 23.4 Å². The summed E-state index contributed by atoms with van der Waals surface area (Å²) < 4.78 is 72.6. The Morgan fingerprint density at radius 2 is 1.84 bits per heavy atom. The summed E-state index contributed by atoms with van der Waals surface area (Å²) in [6.45, 7) is 2.38. The van der Waals surface area contributed by atoms with Gasteiger partial charge in [-0.3, -0.25) is 9.69 Å². The van der Waals surface area contributed by atoms with Crippen LogP contribution in [-0.4, -0.2) is 44.8 Å². The fraction of sp³-hybridized carbons (Fsp3) is 0.292. The Kier molecular flexibility index (Phi) is 6.94. The largest absolute Gasteiger partial charge is 0.475 e. The second-order valence-electron chi connectivity index (χ2n) is 8.62. The zero-order valence-corrected chi connectivity index (χ0v) is 20.6. The molecule has 3 aromatic rings. The number of halogens is 5. The Balaban J connectivity index is 1.83. The number of fused-ring (bicyclic) bond motifs is 1. The summed E-state index contributed by atoms with van der Waals surface area (Å²) in [5.41, 5.74) is -3.00. The molecule has 1 aliphatic rings. The number of carbonyl (C=O) groups excluding carboxylic acids is 1. The second-order valence-corrected chi connectivity index (χ2v) is 8.98. The topological polar surface area (TPSA) is 103 Å². The van der Waals surface area contributed by atoms with Gasteiger partial charge in [-0.15, -0.1) is 0 Å². The van der Waals surface area contributed by atoms with Crippen LogP contribution in [0, 0.1) is 11.3 Å². The molecule has 1 aliphatic heterocycles. The van der Waals surface area contributed by atoms with Crippen LogP contribution in [0.5, 0.6) is 5.88 Å². The molecule has 0 spiro atoms. The number of anilines is 2. The smallest absolute Gasteiger partial charge is 0.417 e. The van der Waals surface area contributed by atoms with E-state index >= 15 is 0 Å². The van der Waals surface area contributed by atoms with Crippen LogP contribution in [0.25, 0.3) is 10.9 Å². The molecule has 1 fully saturated rings. The average molecular weight is 551 g/mol. The van der Waals surface area contributed by atoms with Crippen molar-refractivity contribution in [1.82, 2.24) is 9.97 Å². The van der Waals surface area contributed by atoms with Crippen molar-refractivity contribution < 1.29 is 36.6 Å². The van der Waals surface area contributed by atoms with Crippen LogP contribution in [0.2, 0.25) is 0 Å². The van der Waals surface area contributed by atoms with Gasteiger partial charge >= 0.3 is 6.18 Å². The zero-order valence-electron chi connectivity index (χ0n) is 19.8. The van der Waals surface area contributed by atoms with Crippen molar-refractivity contribution in [3.63, 3.8) is 0 Å². The van der Waals surface area contributed by atoms with Crippen molar-refractivity contribution in [2.75, 3.05) is 23.0 Å². The normalized spacial score (nSPS) is 15.5. The number of alkyl halides is 5. The van der Waals surface area contributed by atoms with Crippen LogP contribution in [-0.2, 0) is 11.0 Å². The number of nitrogens with zero attached hydrogens (tertiary/aromatic N) is 5. The first-order valence-electron chi connectivity index (χ1n) is 10.9. The molecule has 8 nitrogen and oxygen atoms in total. The van der Waals surface area contributed by atoms with Crippen LogP contribution in [0.1, 0.15) is 37.2 Å². The Morgan fingerprint density at radius 1 is 1.16 bits per heavy atom. The van der Waals surface area contributed by atoms with Crippen molar-refractivity contribution >= 4 is 45.5 Å². The molecule has 0 radical (unpaired) electrons. The summed E-state index contributed by atoms with van der Waals surface area (Å²) in [5, 5.41) is 18.2. The van der Waals surface area contributed by atoms with Gasteiger partial charge in [0, 0.05) is 5.69 Å². The molecule has 0 unspecified atom stereocenters. The molecule has 1 amide bonds. The van der Waals surface area contributed by atoms with Crippen molar-refractivity contribution in [3.05, 3.63) is 53.3 Å². The van der Waals surface area contributed by atoms with Crippen molar-refractivity contribution in [2.45, 2.75) is 32.0 Å². The zero-order chi connectivity index (χ0) is 28.0. The maximum atomic E-state index is 13.6. The van der Waals surface area contributed by atoms with Gasteiger partial charge < -0.3 is 14.7 Å². The number of ether oxygens (including phenoxy) is 1. The number of hydrogen-bond acceptors (Lipinski definition) is 7. The number of aliphatic hydroxyl groups excluding tert-OH is 1. The summed E-state index contributed by atoms with van der Waals surface area (Å²) in [6, 6.07) is 8.62. The van der Waals surface area contributed by atoms with Crippen molar-refractivity contribution in [1.29, 1.82) is 5.26 Å². The molecule has 0 atom stereocenters. The van der Waals surface area contributed by atoms with E-state index < -0.39 is 47.6 Å². The van der Waals surface area contributed by atoms with E-state index in [1.165, 1.54) is 49.1 Å². The first-order valence-corrected chi connectivity index (χ1v) is 11.4. The lowest BCUT2D eigenvalue weighted by Crippen LogP contribution is -2.44. The lowest BCUT2D eigenvalue weighted by atomic mass is 10.0. The first-order chi connectivity index (χ1) is 17.8. The Bertz CT molecular complexity index is 1490. The Morgan fingerprint density at radius 3 is 2.45 bits per heavy atom. The molecule has 2 aromatic carbocycles. The molecule has 1 saturated heterocycles. The molecule has 1 aromatic heterocycles. The molecule has 198 valence electrons. The molecule has 0 bridgehead atoms. The van der Waals surface area contributed by atoms with E-state index in [-0.39, 0.29) is 39.9 Å². The number of nitriles is 1. The summed E-state index contributed by atoms with van der Waals surface area (Å²) in [5.74, 6) is -1.64. The molecule has 1 N–H and O–H groups in total. The minimum Gasteiger partial charge on any atom is -0.475 e. The molecule has 0 saturated carbocycles. The number of thiocarbonyl (C=S) groups is 1. The van der Waals surface area contributed by atoms with Gasteiger partial charge in [-0.05, 0) is 62.5 Å². The molecule has 38 heavy (non-hydrogen) atoms. The Labute approximate surface area is 217 Å². The highest BCUT2D eigenvalue weighted by Crippen LogP contribution is 2.41. The van der Waals surface area contributed by atoms with E-state index in [9.17, 15) is 26.7 Å². The highest BCUT2D eigenvalue weighted by molar-refractivity contribution is 7.81. The van der Waals surface area contributed by atoms with Gasteiger partial charge in [0.05, 0.1) is 40.4 Å². The lowest BCUT2D eigenvalue weighted by Gasteiger charge is -2.29. The van der Waals surface area contributed by atoms with Crippen LogP contribution in [0.4, 0.5) is 33.3 Å². The van der Waals surface area contributed by atoms with Crippen molar-refractivity contribution in [2.24, 2.45) is 0 Å². The fourth-order valence-electron chi connectivity index (χ4n) is 4.05. The molecular formula is C24H18F5N5O3S. The minimum atomic E-state index is -4.85. The van der Waals surface area contributed by atoms with Gasteiger partial charge in [-0.1, -0.05) is 0 Å². The number of carbonyl (C=O) groups is 1. The lowest BCUT2D eigenvalue weighted by molar-refractivity contribution is -0.137. The van der Waals surface area contributed by atoms with Crippen LogP contribution in [0.15, 0.2) is 36.4 Å². The SMILES string of the molecule is CC1(C)C(=O)N(c2ccc(C#N)c(C(F)(F)F)c2)C(=S)N1c1ccc2nc(C(F)F)nc(OCCO)c2c1. The monoisotopic (exact) mass is 551 g/mol. The van der Waals surface area contributed by atoms with Crippen molar-refractivity contribution in [3.8, 4) is 11.9 Å². The number of aliphatic hydroxyl groups is 1. The molecular weight excluding hydrogens is 533 g/mol. The van der Waals surface area contributed by atoms with E-state index in [0.29, 0.717) is 6.07 Å².